The van der Waals surface area contributed by atoms with Gasteiger partial charge in [0.05, 0.1) is 32.5 Å². The predicted octanol–water partition coefficient (Wildman–Crippen LogP) is -8.04. The Labute approximate surface area is 244 Å². The first kappa shape index (κ1) is 35.1. The molecule has 0 aliphatic carbocycles. The van der Waals surface area contributed by atoms with Gasteiger partial charge in [-0.1, -0.05) is 0 Å². The second-order valence-electron chi connectivity index (χ2n) is 11.0. The van der Waals surface area contributed by atoms with Crippen LogP contribution in [-0.2, 0) is 33.2 Å². The molecule has 0 bridgehead atoms. The van der Waals surface area contributed by atoms with Crippen molar-refractivity contribution >= 4 is 0 Å². The van der Waals surface area contributed by atoms with E-state index in [9.17, 15) is 61.3 Å². The van der Waals surface area contributed by atoms with Crippen LogP contribution in [0.2, 0.25) is 0 Å². The van der Waals surface area contributed by atoms with Crippen LogP contribution in [0.3, 0.4) is 0 Å². The molecule has 4 fully saturated rings. The summed E-state index contributed by atoms with van der Waals surface area (Å²) in [6.45, 7) is -1.42. The molecule has 19 atom stereocenters. The molecule has 0 saturated carbocycles. The highest BCUT2D eigenvalue weighted by Crippen LogP contribution is 2.35. The molecule has 0 amide bonds. The van der Waals surface area contributed by atoms with Gasteiger partial charge in [-0.3, -0.25) is 0 Å². The van der Waals surface area contributed by atoms with Crippen LogP contribution in [0.15, 0.2) is 0 Å². The number of rotatable bonds is 9. The van der Waals surface area contributed by atoms with Crippen molar-refractivity contribution in [2.45, 2.75) is 123 Å². The van der Waals surface area contributed by atoms with Crippen LogP contribution in [-0.4, -0.2) is 204 Å². The normalized spacial score (nSPS) is 53.1. The number of ether oxygens (including phenoxy) is 7. The highest BCUT2D eigenvalue weighted by molar-refractivity contribution is 4.98. The molecule has 4 rings (SSSR count). The van der Waals surface area contributed by atoms with Crippen LogP contribution in [0, 0.1) is 0 Å². The predicted molar refractivity (Wildman–Crippen MR) is 131 cm³/mol. The number of hydrogen-bond donors (Lipinski definition) is 12. The Balaban J connectivity index is 1.68. The van der Waals surface area contributed by atoms with Gasteiger partial charge in [-0.25, -0.2) is 0 Å². The van der Waals surface area contributed by atoms with E-state index in [0.29, 0.717) is 0 Å². The molecule has 0 radical (unpaired) electrons. The topological polar surface area (TPSA) is 307 Å². The van der Waals surface area contributed by atoms with E-state index in [1.807, 2.05) is 0 Å². The lowest BCUT2D eigenvalue weighted by molar-refractivity contribution is -0.399. The van der Waals surface area contributed by atoms with Gasteiger partial charge in [-0.15, -0.1) is 0 Å². The zero-order valence-electron chi connectivity index (χ0n) is 23.0. The summed E-state index contributed by atoms with van der Waals surface area (Å²) in [6.07, 6.45) is -31.2. The van der Waals surface area contributed by atoms with Gasteiger partial charge < -0.3 is 94.4 Å². The zero-order chi connectivity index (χ0) is 31.7. The monoisotopic (exact) mass is 634 g/mol. The number of aliphatic hydroxyl groups excluding tert-OH is 12. The highest BCUT2D eigenvalue weighted by atomic mass is 16.8. The first-order valence-corrected chi connectivity index (χ1v) is 13.8. The lowest BCUT2D eigenvalue weighted by Gasteiger charge is -2.50. The summed E-state index contributed by atoms with van der Waals surface area (Å²) in [5.74, 6) is 0. The van der Waals surface area contributed by atoms with Crippen molar-refractivity contribution in [3.8, 4) is 0 Å². The van der Waals surface area contributed by atoms with Gasteiger partial charge >= 0.3 is 0 Å². The molecule has 4 aliphatic heterocycles. The van der Waals surface area contributed by atoms with E-state index >= 15 is 0 Å². The third-order valence-corrected chi connectivity index (χ3v) is 8.08. The molecule has 43 heavy (non-hydrogen) atoms. The van der Waals surface area contributed by atoms with E-state index in [-0.39, 0.29) is 0 Å². The second-order valence-corrected chi connectivity index (χ2v) is 11.0. The van der Waals surface area contributed by atoms with Gasteiger partial charge in [0.1, 0.15) is 91.6 Å². The lowest BCUT2D eigenvalue weighted by Crippen LogP contribution is -2.68. The fourth-order valence-electron chi connectivity index (χ4n) is 5.44. The second kappa shape index (κ2) is 14.8. The van der Waals surface area contributed by atoms with E-state index in [1.165, 1.54) is 6.92 Å². The van der Waals surface area contributed by atoms with Crippen molar-refractivity contribution in [3.63, 3.8) is 0 Å². The molecular formula is C24H42O19. The molecule has 4 aliphatic rings. The molecule has 4 heterocycles. The Morgan fingerprint density at radius 2 is 1.02 bits per heavy atom. The summed E-state index contributed by atoms with van der Waals surface area (Å²) < 4.78 is 39.4. The van der Waals surface area contributed by atoms with E-state index in [4.69, 9.17) is 33.2 Å². The summed E-state index contributed by atoms with van der Waals surface area (Å²) >= 11 is 0. The summed E-state index contributed by atoms with van der Waals surface area (Å²) in [5, 5.41) is 123. The van der Waals surface area contributed by atoms with Crippen LogP contribution in [0.5, 0.6) is 0 Å². The van der Waals surface area contributed by atoms with Crippen molar-refractivity contribution in [1.82, 2.24) is 0 Å². The van der Waals surface area contributed by atoms with Crippen LogP contribution < -0.4 is 0 Å². The molecule has 19 nitrogen and oxygen atoms in total. The van der Waals surface area contributed by atoms with Gasteiger partial charge in [0, 0.05) is 0 Å². The lowest BCUT2D eigenvalue weighted by atomic mass is 9.94. The minimum Gasteiger partial charge on any atom is -0.394 e. The van der Waals surface area contributed by atoms with Gasteiger partial charge in [0.2, 0.25) is 0 Å². The van der Waals surface area contributed by atoms with Gasteiger partial charge in [0.15, 0.2) is 18.9 Å². The van der Waals surface area contributed by atoms with E-state index in [2.05, 4.69) is 0 Å². The molecule has 252 valence electrons. The Bertz CT molecular complexity index is 866. The Kier molecular flexibility index (Phi) is 12.1. The SMILES string of the molecule is C[C@@H]1O[C@H](CO)[C@H](O[C@H]2O[C@H](CO)[C@@H](O)[C@H](O[C@@H]3OC[C@@H](O)[C@H](O)[C@H]3O)[C@H]2O[C@@H]2O[C@H](CO)[C@@H](O)[C@H](O)[C@H]2O)[C@H](O)[C@H]1O. The average molecular weight is 635 g/mol. The van der Waals surface area contributed by atoms with Crippen LogP contribution in [0.1, 0.15) is 6.92 Å². The van der Waals surface area contributed by atoms with E-state index in [1.54, 1.807) is 0 Å². The van der Waals surface area contributed by atoms with Crippen LogP contribution in [0.25, 0.3) is 0 Å². The summed E-state index contributed by atoms with van der Waals surface area (Å²) in [7, 11) is 0. The summed E-state index contributed by atoms with van der Waals surface area (Å²) in [4.78, 5) is 0. The first-order chi connectivity index (χ1) is 20.3. The van der Waals surface area contributed by atoms with Gasteiger partial charge in [-0.05, 0) is 6.92 Å². The standard InChI is InChI=1S/C24H42O19/c1-6-11(29)16(34)19(10(4-27)38-6)41-24-21(43-23-18(36)15(33)13(31)8(2-25)39-23)20(14(32)9(3-26)40-24)42-22-17(35)12(30)7(28)5-37-22/h6-36H,2-5H2,1H3/t6-,7+,8+,9+,10+,11-,12-,13+,14+,15-,16+,17+,18+,19-,20-,21+,22-,23-,24+/m0/s1. The molecular weight excluding hydrogens is 592 g/mol. The Morgan fingerprint density at radius 1 is 0.488 bits per heavy atom. The highest BCUT2D eigenvalue weighted by Gasteiger charge is 2.55. The molecule has 0 aromatic heterocycles. The maximum Gasteiger partial charge on any atom is 0.187 e. The van der Waals surface area contributed by atoms with Crippen molar-refractivity contribution in [2.24, 2.45) is 0 Å². The first-order valence-electron chi connectivity index (χ1n) is 13.8. The Hall–Kier alpha value is -0.760. The third kappa shape index (κ3) is 7.15. The summed E-state index contributed by atoms with van der Waals surface area (Å²) in [5.41, 5.74) is 0. The molecule has 0 aromatic rings. The molecule has 4 saturated heterocycles. The van der Waals surface area contributed by atoms with Crippen LogP contribution in [0.4, 0.5) is 0 Å². The largest absolute Gasteiger partial charge is 0.394 e. The molecule has 0 spiro atoms. The van der Waals surface area contributed by atoms with Gasteiger partial charge in [0.25, 0.3) is 0 Å². The Morgan fingerprint density at radius 3 is 1.65 bits per heavy atom. The summed E-state index contributed by atoms with van der Waals surface area (Å²) in [6, 6.07) is 0. The van der Waals surface area contributed by atoms with Crippen molar-refractivity contribution in [3.05, 3.63) is 0 Å². The van der Waals surface area contributed by atoms with Crippen molar-refractivity contribution < 1.29 is 94.4 Å². The smallest absolute Gasteiger partial charge is 0.187 e. The molecule has 12 N–H and O–H groups in total. The number of aliphatic hydroxyl groups is 12. The van der Waals surface area contributed by atoms with E-state index in [0.717, 1.165) is 0 Å². The van der Waals surface area contributed by atoms with Crippen molar-refractivity contribution in [2.75, 3.05) is 26.4 Å². The maximum absolute atomic E-state index is 11.1. The van der Waals surface area contributed by atoms with E-state index < -0.39 is 143 Å². The third-order valence-electron chi connectivity index (χ3n) is 8.08. The number of hydrogen-bond acceptors (Lipinski definition) is 19. The minimum absolute atomic E-state index is 0.496. The fraction of sp³-hybridized carbons (Fsp3) is 1.00. The molecule has 0 aromatic carbocycles. The molecule has 19 heteroatoms. The minimum atomic E-state index is -1.96. The van der Waals surface area contributed by atoms with Crippen molar-refractivity contribution in [1.29, 1.82) is 0 Å². The average Bonchev–Trinajstić information content (AvgIpc) is 2.99. The van der Waals surface area contributed by atoms with Crippen LogP contribution >= 0.6 is 0 Å². The van der Waals surface area contributed by atoms with Gasteiger partial charge in [-0.2, -0.15) is 0 Å². The zero-order valence-corrected chi connectivity index (χ0v) is 23.0. The fourth-order valence-corrected chi connectivity index (χ4v) is 5.44. The quantitative estimate of drug-likeness (QED) is 0.112. The maximum atomic E-state index is 11.1. The molecule has 0 unspecified atom stereocenters.